The van der Waals surface area contributed by atoms with E-state index in [4.69, 9.17) is 39.5 Å². The van der Waals surface area contributed by atoms with E-state index in [9.17, 15) is 18.0 Å². The van der Waals surface area contributed by atoms with Crippen LogP contribution in [0.4, 0.5) is 5.69 Å². The van der Waals surface area contributed by atoms with Gasteiger partial charge in [-0.2, -0.15) is 0 Å². The Balaban J connectivity index is 2.30. The van der Waals surface area contributed by atoms with E-state index in [1.807, 2.05) is 20.8 Å². The molecular formula is C27H36Cl3N3O5S. The minimum Gasteiger partial charge on any atom is -0.495 e. The summed E-state index contributed by atoms with van der Waals surface area (Å²) in [6, 6.07) is 8.91. The Labute approximate surface area is 246 Å². The van der Waals surface area contributed by atoms with Crippen LogP contribution in [0.3, 0.4) is 0 Å². The first-order chi connectivity index (χ1) is 18.3. The van der Waals surface area contributed by atoms with Crippen molar-refractivity contribution in [3.63, 3.8) is 0 Å². The first-order valence-corrected chi connectivity index (χ1v) is 15.7. The van der Waals surface area contributed by atoms with Crippen LogP contribution < -0.4 is 14.4 Å². The van der Waals surface area contributed by atoms with Crippen LogP contribution >= 0.6 is 34.8 Å². The number of sulfonamides is 1. The van der Waals surface area contributed by atoms with E-state index in [1.54, 1.807) is 30.3 Å². The van der Waals surface area contributed by atoms with Crippen molar-refractivity contribution < 1.29 is 22.7 Å². The second-order valence-corrected chi connectivity index (χ2v) is 12.3. The van der Waals surface area contributed by atoms with Crippen LogP contribution in [-0.2, 0) is 26.2 Å². The topological polar surface area (TPSA) is 96.0 Å². The first-order valence-electron chi connectivity index (χ1n) is 12.7. The maximum absolute atomic E-state index is 13.6. The molecule has 0 radical (unpaired) electrons. The quantitative estimate of drug-likeness (QED) is 0.283. The van der Waals surface area contributed by atoms with Gasteiger partial charge >= 0.3 is 0 Å². The van der Waals surface area contributed by atoms with Gasteiger partial charge in [-0.25, -0.2) is 8.42 Å². The van der Waals surface area contributed by atoms with Crippen LogP contribution in [0, 0.1) is 0 Å². The number of ether oxygens (including phenoxy) is 1. The number of amides is 2. The number of anilines is 1. The molecule has 0 saturated heterocycles. The molecule has 0 spiro atoms. The maximum Gasteiger partial charge on any atom is 0.243 e. The molecule has 0 fully saturated rings. The van der Waals surface area contributed by atoms with Gasteiger partial charge in [-0.15, -0.1) is 0 Å². The molecule has 2 unspecified atom stereocenters. The molecule has 0 aliphatic rings. The summed E-state index contributed by atoms with van der Waals surface area (Å²) in [5.74, 6) is -0.174. The summed E-state index contributed by atoms with van der Waals surface area (Å²) in [6.45, 7) is 5.75. The van der Waals surface area contributed by atoms with Gasteiger partial charge in [0.25, 0.3) is 0 Å². The summed E-state index contributed by atoms with van der Waals surface area (Å²) in [5.41, 5.74) is 0.893. The summed E-state index contributed by atoms with van der Waals surface area (Å²) < 4.78 is 31.5. The van der Waals surface area contributed by atoms with Gasteiger partial charge in [0, 0.05) is 41.2 Å². The highest BCUT2D eigenvalue weighted by atomic mass is 35.5. The molecule has 2 rings (SSSR count). The number of carbonyl (C=O) groups is 2. The highest BCUT2D eigenvalue weighted by molar-refractivity contribution is 7.92. The Morgan fingerprint density at radius 3 is 2.18 bits per heavy atom. The molecule has 1 N–H and O–H groups in total. The zero-order chi connectivity index (χ0) is 29.3. The second kappa shape index (κ2) is 15.0. The Morgan fingerprint density at radius 2 is 1.67 bits per heavy atom. The van der Waals surface area contributed by atoms with Crippen LogP contribution in [-0.4, -0.2) is 57.1 Å². The van der Waals surface area contributed by atoms with Crippen molar-refractivity contribution in [2.45, 2.75) is 65.1 Å². The normalized spacial score (nSPS) is 12.9. The maximum atomic E-state index is 13.6. The lowest BCUT2D eigenvalue weighted by Gasteiger charge is -2.32. The summed E-state index contributed by atoms with van der Waals surface area (Å²) in [5, 5.41) is 3.99. The van der Waals surface area contributed by atoms with Gasteiger partial charge in [-0.3, -0.25) is 13.9 Å². The molecule has 0 aliphatic carbocycles. The van der Waals surface area contributed by atoms with E-state index in [0.717, 1.165) is 12.7 Å². The molecule has 8 nitrogen and oxygen atoms in total. The molecule has 0 aromatic heterocycles. The van der Waals surface area contributed by atoms with Gasteiger partial charge in [0.2, 0.25) is 21.8 Å². The molecule has 0 saturated carbocycles. The molecule has 0 bridgehead atoms. The average Bonchev–Trinajstić information content (AvgIpc) is 2.87. The van der Waals surface area contributed by atoms with Crippen LogP contribution in [0.5, 0.6) is 5.75 Å². The van der Waals surface area contributed by atoms with Crippen molar-refractivity contribution >= 4 is 62.3 Å². The summed E-state index contributed by atoms with van der Waals surface area (Å²) in [7, 11) is -2.21. The van der Waals surface area contributed by atoms with E-state index >= 15 is 0 Å². The molecule has 0 heterocycles. The van der Waals surface area contributed by atoms with Crippen LogP contribution in [0.15, 0.2) is 36.4 Å². The van der Waals surface area contributed by atoms with E-state index in [1.165, 1.54) is 22.4 Å². The minimum absolute atomic E-state index is 0.00884. The lowest BCUT2D eigenvalue weighted by Crippen LogP contribution is -2.50. The largest absolute Gasteiger partial charge is 0.495 e. The Morgan fingerprint density at radius 1 is 1.03 bits per heavy atom. The summed E-state index contributed by atoms with van der Waals surface area (Å²) in [6.07, 6.45) is 2.39. The number of halogens is 3. The van der Waals surface area contributed by atoms with E-state index in [0.29, 0.717) is 33.5 Å². The van der Waals surface area contributed by atoms with Crippen molar-refractivity contribution in [2.24, 2.45) is 0 Å². The van der Waals surface area contributed by atoms with Crippen LogP contribution in [0.2, 0.25) is 15.1 Å². The van der Waals surface area contributed by atoms with Crippen molar-refractivity contribution in [1.29, 1.82) is 0 Å². The first kappa shape index (κ1) is 33.0. The molecule has 0 aliphatic heterocycles. The molecule has 2 amide bonds. The fourth-order valence-corrected chi connectivity index (χ4v) is 5.75. The molecule has 2 aromatic carbocycles. The van der Waals surface area contributed by atoms with Gasteiger partial charge in [0.1, 0.15) is 11.8 Å². The smallest absolute Gasteiger partial charge is 0.243 e. The van der Waals surface area contributed by atoms with Gasteiger partial charge < -0.3 is 15.0 Å². The highest BCUT2D eigenvalue weighted by Crippen LogP contribution is 2.31. The lowest BCUT2D eigenvalue weighted by molar-refractivity contribution is -0.141. The number of hydrogen-bond acceptors (Lipinski definition) is 5. The number of carbonyl (C=O) groups excluding carboxylic acids is 2. The fourth-order valence-electron chi connectivity index (χ4n) is 4.03. The summed E-state index contributed by atoms with van der Waals surface area (Å²) in [4.78, 5) is 28.2. The fraction of sp³-hybridized carbons (Fsp3) is 0.481. The molecule has 39 heavy (non-hydrogen) atoms. The molecular weight excluding hydrogens is 585 g/mol. The molecule has 2 aromatic rings. The third-order valence-electron chi connectivity index (χ3n) is 6.35. The zero-order valence-electron chi connectivity index (χ0n) is 22.8. The third-order valence-corrected chi connectivity index (χ3v) is 8.55. The number of hydrogen-bond donors (Lipinski definition) is 1. The van der Waals surface area contributed by atoms with Crippen molar-refractivity contribution in [2.75, 3.05) is 24.2 Å². The standard InChI is InChI=1S/C27H36Cl3N3O5S/c1-6-18(3)31-27(35)24(7-2)32(17-20-21(28)10-8-11-22(20)29)26(34)12-9-15-33(39(5,36)37)19-13-14-25(38-4)23(30)16-19/h8,10-11,13-14,16,18,24H,6-7,9,12,15,17H2,1-5H3,(H,31,35). The van der Waals surface area contributed by atoms with Gasteiger partial charge in [-0.05, 0) is 56.5 Å². The van der Waals surface area contributed by atoms with E-state index in [2.05, 4.69) is 5.32 Å². The molecule has 216 valence electrons. The number of rotatable bonds is 14. The van der Waals surface area contributed by atoms with Gasteiger partial charge in [0.05, 0.1) is 24.1 Å². The zero-order valence-corrected chi connectivity index (χ0v) is 25.9. The van der Waals surface area contributed by atoms with Crippen LogP contribution in [0.25, 0.3) is 0 Å². The number of nitrogens with zero attached hydrogens (tertiary/aromatic N) is 2. The predicted molar refractivity (Wildman–Crippen MR) is 158 cm³/mol. The second-order valence-electron chi connectivity index (χ2n) is 9.22. The highest BCUT2D eigenvalue weighted by Gasteiger charge is 2.30. The van der Waals surface area contributed by atoms with Gasteiger partial charge in [0.15, 0.2) is 0 Å². The van der Waals surface area contributed by atoms with E-state index in [-0.39, 0.29) is 48.8 Å². The SMILES string of the molecule is CCC(C)NC(=O)C(CC)N(Cc1c(Cl)cccc1Cl)C(=O)CCCN(c1ccc(OC)c(Cl)c1)S(C)(=O)=O. The minimum atomic E-state index is -3.67. The van der Waals surface area contributed by atoms with Crippen molar-refractivity contribution in [1.82, 2.24) is 10.2 Å². The predicted octanol–water partition coefficient (Wildman–Crippen LogP) is 5.92. The van der Waals surface area contributed by atoms with Crippen molar-refractivity contribution in [3.05, 3.63) is 57.0 Å². The third kappa shape index (κ3) is 9.17. The summed E-state index contributed by atoms with van der Waals surface area (Å²) >= 11 is 19.0. The molecule has 12 heteroatoms. The lowest BCUT2D eigenvalue weighted by atomic mass is 10.1. The van der Waals surface area contributed by atoms with E-state index < -0.39 is 16.1 Å². The Kier molecular flexibility index (Phi) is 12.7. The number of nitrogens with one attached hydrogen (secondary N) is 1. The Hall–Kier alpha value is -2.20. The van der Waals surface area contributed by atoms with Crippen molar-refractivity contribution in [3.8, 4) is 5.75 Å². The number of methoxy groups -OCH3 is 1. The van der Waals surface area contributed by atoms with Crippen LogP contribution in [0.1, 0.15) is 52.0 Å². The monoisotopic (exact) mass is 619 g/mol. The molecule has 2 atom stereocenters. The number of benzene rings is 2. The average molecular weight is 621 g/mol. The van der Waals surface area contributed by atoms with Gasteiger partial charge in [-0.1, -0.05) is 54.7 Å². The Bertz CT molecular complexity index is 1240.